The van der Waals surface area contributed by atoms with Crippen molar-refractivity contribution in [3.8, 4) is 0 Å². The van der Waals surface area contributed by atoms with Crippen molar-refractivity contribution in [1.29, 1.82) is 0 Å². The quantitative estimate of drug-likeness (QED) is 0.132. The Morgan fingerprint density at radius 3 is 1.79 bits per heavy atom. The molecule has 4 heteroatoms. The van der Waals surface area contributed by atoms with Crippen LogP contribution >= 0.6 is 0 Å². The average Bonchev–Trinajstić information content (AvgIpc) is 2.84. The molecule has 2 nitrogen and oxygen atoms in total. The molecule has 0 saturated carbocycles. The number of rotatable bonds is 14. The Bertz CT molecular complexity index is 930. The van der Waals surface area contributed by atoms with E-state index in [0.29, 0.717) is 5.92 Å². The first-order valence-corrected chi connectivity index (χ1v) is 19.6. The second-order valence-corrected chi connectivity index (χ2v) is 22.9. The zero-order valence-corrected chi connectivity index (χ0v) is 28.2. The first-order valence-electron chi connectivity index (χ1n) is 14.8. The van der Waals surface area contributed by atoms with Gasteiger partial charge in [-0.15, -0.1) is 0 Å². The summed E-state index contributed by atoms with van der Waals surface area (Å²) in [6, 6.07) is 22.0. The van der Waals surface area contributed by atoms with Gasteiger partial charge in [-0.3, -0.25) is 0 Å². The third kappa shape index (κ3) is 9.04. The van der Waals surface area contributed by atoms with Crippen LogP contribution in [0.2, 0.25) is 23.2 Å². The van der Waals surface area contributed by atoms with Crippen LogP contribution in [0.5, 0.6) is 0 Å². The molecule has 0 aliphatic carbocycles. The monoisotopic (exact) mass is 552 g/mol. The largest absolute Gasteiger partial charge is 0.417 e. The van der Waals surface area contributed by atoms with Crippen molar-refractivity contribution in [2.45, 2.75) is 111 Å². The van der Waals surface area contributed by atoms with E-state index in [2.05, 4.69) is 135 Å². The van der Waals surface area contributed by atoms with Crippen molar-refractivity contribution in [3.63, 3.8) is 0 Å². The Hall–Kier alpha value is -1.47. The van der Waals surface area contributed by atoms with Gasteiger partial charge in [0.15, 0.2) is 8.32 Å². The molecule has 2 aromatic carbocycles. The third-order valence-electron chi connectivity index (χ3n) is 8.38. The van der Waals surface area contributed by atoms with Crippen LogP contribution in [0, 0.1) is 5.92 Å². The topological polar surface area (TPSA) is 18.5 Å². The van der Waals surface area contributed by atoms with Crippen molar-refractivity contribution in [2.75, 3.05) is 13.2 Å². The van der Waals surface area contributed by atoms with Crippen LogP contribution in [0.25, 0.3) is 0 Å². The molecule has 0 heterocycles. The van der Waals surface area contributed by atoms with Gasteiger partial charge >= 0.3 is 0 Å². The standard InChI is InChI=1S/C34H56O2Si2/c1-29(20-17-18-27-35-37(9,10)33(3,4)5)21-19-22-30(2)28-36-38(34(6,7)8,31-23-13-11-14-24-31)32-25-15-12-16-26-32/h11-16,20,23-26,30H,17-19,21-22,27-28H2,1-10H3/b29-20-. The van der Waals surface area contributed by atoms with Gasteiger partial charge in [0.25, 0.3) is 8.32 Å². The minimum atomic E-state index is -2.44. The summed E-state index contributed by atoms with van der Waals surface area (Å²) in [5.74, 6) is 0.530. The van der Waals surface area contributed by atoms with Crippen LogP contribution in [0.15, 0.2) is 72.3 Å². The highest BCUT2D eigenvalue weighted by atomic mass is 28.4. The Morgan fingerprint density at radius 2 is 1.32 bits per heavy atom. The number of hydrogen-bond acceptors (Lipinski definition) is 2. The zero-order chi connectivity index (χ0) is 28.5. The fourth-order valence-corrected chi connectivity index (χ4v) is 10.7. The van der Waals surface area contributed by atoms with Crippen LogP contribution in [0.4, 0.5) is 0 Å². The molecule has 0 bridgehead atoms. The number of unbranched alkanes of at least 4 members (excludes halogenated alkanes) is 1. The zero-order valence-electron chi connectivity index (χ0n) is 26.2. The van der Waals surface area contributed by atoms with Crippen molar-refractivity contribution in [2.24, 2.45) is 5.92 Å². The predicted octanol–water partition coefficient (Wildman–Crippen LogP) is 9.12. The van der Waals surface area contributed by atoms with Crippen molar-refractivity contribution in [1.82, 2.24) is 0 Å². The number of allylic oxidation sites excluding steroid dienone is 2. The van der Waals surface area contributed by atoms with Crippen LogP contribution < -0.4 is 10.4 Å². The molecule has 38 heavy (non-hydrogen) atoms. The molecule has 1 atom stereocenters. The summed E-state index contributed by atoms with van der Waals surface area (Å²) in [5.41, 5.74) is 1.51. The second-order valence-electron chi connectivity index (χ2n) is 13.8. The Balaban J connectivity index is 1.91. The molecule has 0 aliphatic heterocycles. The van der Waals surface area contributed by atoms with E-state index < -0.39 is 16.6 Å². The Labute approximate surface area is 237 Å². The molecule has 0 aromatic heterocycles. The highest BCUT2D eigenvalue weighted by Gasteiger charge is 2.50. The average molecular weight is 553 g/mol. The van der Waals surface area contributed by atoms with Gasteiger partial charge in [0.1, 0.15) is 0 Å². The normalized spacial score (nSPS) is 14.5. The first kappa shape index (κ1) is 32.7. The molecular weight excluding hydrogens is 497 g/mol. The number of benzene rings is 2. The van der Waals surface area contributed by atoms with Gasteiger partial charge in [0, 0.05) is 13.2 Å². The van der Waals surface area contributed by atoms with Crippen LogP contribution in [-0.4, -0.2) is 29.8 Å². The van der Waals surface area contributed by atoms with E-state index in [0.717, 1.165) is 26.1 Å². The smallest absolute Gasteiger partial charge is 0.261 e. The van der Waals surface area contributed by atoms with Gasteiger partial charge in [-0.2, -0.15) is 0 Å². The molecule has 0 N–H and O–H groups in total. The molecule has 2 rings (SSSR count). The molecule has 2 aromatic rings. The third-order valence-corrected chi connectivity index (χ3v) is 17.9. The lowest BCUT2D eigenvalue weighted by molar-refractivity contribution is 0.236. The SMILES string of the molecule is C/C(=C/CCCO[Si](C)(C)C(C)(C)C)CCCC(C)CO[Si](c1ccccc1)(c1ccccc1)C(C)(C)C. The molecule has 0 amide bonds. The minimum Gasteiger partial charge on any atom is -0.417 e. The van der Waals surface area contributed by atoms with E-state index in [1.54, 1.807) is 0 Å². The van der Waals surface area contributed by atoms with E-state index in [4.69, 9.17) is 8.85 Å². The maximum atomic E-state index is 7.14. The van der Waals surface area contributed by atoms with Gasteiger partial charge in [-0.05, 0) is 78.5 Å². The highest BCUT2D eigenvalue weighted by Crippen LogP contribution is 2.38. The van der Waals surface area contributed by atoms with Gasteiger partial charge in [0.2, 0.25) is 0 Å². The fraction of sp³-hybridized carbons (Fsp3) is 0.588. The maximum Gasteiger partial charge on any atom is 0.261 e. The molecule has 212 valence electrons. The van der Waals surface area contributed by atoms with Crippen LogP contribution in [0.1, 0.15) is 87.5 Å². The van der Waals surface area contributed by atoms with Crippen LogP contribution in [0.3, 0.4) is 0 Å². The van der Waals surface area contributed by atoms with Crippen LogP contribution in [-0.2, 0) is 8.85 Å². The summed E-state index contributed by atoms with van der Waals surface area (Å²) in [7, 11) is -4.07. The summed E-state index contributed by atoms with van der Waals surface area (Å²) in [6.45, 7) is 25.0. The van der Waals surface area contributed by atoms with Gasteiger partial charge in [-0.25, -0.2) is 0 Å². The van der Waals surface area contributed by atoms with Crippen molar-refractivity contribution in [3.05, 3.63) is 72.3 Å². The molecule has 0 radical (unpaired) electrons. The van der Waals surface area contributed by atoms with Gasteiger partial charge < -0.3 is 8.85 Å². The summed E-state index contributed by atoms with van der Waals surface area (Å²) < 4.78 is 13.5. The molecule has 0 fully saturated rings. The molecule has 1 unspecified atom stereocenters. The lowest BCUT2D eigenvalue weighted by Gasteiger charge is -2.43. The van der Waals surface area contributed by atoms with Gasteiger partial charge in [0.05, 0.1) is 0 Å². The van der Waals surface area contributed by atoms with Crippen molar-refractivity contribution < 1.29 is 8.85 Å². The summed E-state index contributed by atoms with van der Waals surface area (Å²) >= 11 is 0. The molecule has 0 aliphatic rings. The van der Waals surface area contributed by atoms with Crippen molar-refractivity contribution >= 4 is 27.0 Å². The second kappa shape index (κ2) is 14.2. The fourth-order valence-electron chi connectivity index (χ4n) is 4.92. The van der Waals surface area contributed by atoms with E-state index in [-0.39, 0.29) is 10.1 Å². The molecule has 0 saturated heterocycles. The Kier molecular flexibility index (Phi) is 12.3. The lowest BCUT2D eigenvalue weighted by Crippen LogP contribution is -2.66. The Morgan fingerprint density at radius 1 is 0.789 bits per heavy atom. The number of hydrogen-bond donors (Lipinski definition) is 0. The molecule has 0 spiro atoms. The predicted molar refractivity (Wildman–Crippen MR) is 173 cm³/mol. The first-order chi connectivity index (χ1) is 17.7. The van der Waals surface area contributed by atoms with E-state index in [9.17, 15) is 0 Å². The van der Waals surface area contributed by atoms with E-state index in [1.807, 2.05) is 0 Å². The molecular formula is C34H56O2Si2. The minimum absolute atomic E-state index is 0.0308. The maximum absolute atomic E-state index is 7.14. The van der Waals surface area contributed by atoms with Gasteiger partial charge in [-0.1, -0.05) is 121 Å². The van der Waals surface area contributed by atoms with E-state index >= 15 is 0 Å². The lowest BCUT2D eigenvalue weighted by atomic mass is 10.0. The summed E-state index contributed by atoms with van der Waals surface area (Å²) in [5, 5.41) is 3.05. The summed E-state index contributed by atoms with van der Waals surface area (Å²) in [4.78, 5) is 0. The van der Waals surface area contributed by atoms with E-state index in [1.165, 1.54) is 35.2 Å². The highest BCUT2D eigenvalue weighted by molar-refractivity contribution is 6.99. The summed E-state index contributed by atoms with van der Waals surface area (Å²) in [6.07, 6.45) is 8.25.